The van der Waals surface area contributed by atoms with E-state index >= 15 is 0 Å². The second kappa shape index (κ2) is 12.1. The third kappa shape index (κ3) is 5.83. The Bertz CT molecular complexity index is 1470. The summed E-state index contributed by atoms with van der Waals surface area (Å²) in [5.74, 6) is 3.67. The third-order valence-corrected chi connectivity index (χ3v) is 6.19. The Kier molecular flexibility index (Phi) is 7.99. The molecule has 0 saturated heterocycles. The maximum atomic E-state index is 5.95. The van der Waals surface area contributed by atoms with Crippen molar-refractivity contribution in [2.24, 2.45) is 0 Å². The van der Waals surface area contributed by atoms with Crippen molar-refractivity contribution in [3.05, 3.63) is 114 Å². The van der Waals surface area contributed by atoms with Crippen molar-refractivity contribution in [2.45, 2.75) is 12.6 Å². The highest BCUT2D eigenvalue weighted by Crippen LogP contribution is 2.40. The summed E-state index contributed by atoms with van der Waals surface area (Å²) in [7, 11) is 4.77. The smallest absolute Gasteiger partial charge is 0.203 e. The van der Waals surface area contributed by atoms with E-state index in [1.807, 2.05) is 84.9 Å². The van der Waals surface area contributed by atoms with Gasteiger partial charge in [0.1, 0.15) is 11.5 Å². The summed E-state index contributed by atoms with van der Waals surface area (Å²) in [5, 5.41) is 16.4. The second-order valence-electron chi connectivity index (χ2n) is 8.62. The number of ether oxygens (including phenoxy) is 4. The Balaban J connectivity index is 1.51. The Morgan fingerprint density at radius 1 is 0.744 bits per heavy atom. The minimum Gasteiger partial charge on any atom is -0.493 e. The van der Waals surface area contributed by atoms with Gasteiger partial charge in [0.05, 0.1) is 33.1 Å². The van der Waals surface area contributed by atoms with E-state index in [-0.39, 0.29) is 0 Å². The van der Waals surface area contributed by atoms with Gasteiger partial charge in [0, 0.05) is 6.54 Å². The summed E-state index contributed by atoms with van der Waals surface area (Å²) in [6.45, 7) is 0.582. The quantitative estimate of drug-likeness (QED) is 0.247. The Morgan fingerprint density at radius 2 is 1.36 bits per heavy atom. The highest BCUT2D eigenvalue weighted by molar-refractivity contribution is 5.55. The molecule has 0 spiro atoms. The van der Waals surface area contributed by atoms with E-state index in [4.69, 9.17) is 18.9 Å². The van der Waals surface area contributed by atoms with Gasteiger partial charge in [0.25, 0.3) is 0 Å². The maximum absolute atomic E-state index is 5.95. The molecule has 1 N–H and O–H groups in total. The largest absolute Gasteiger partial charge is 0.493 e. The number of nitrogens with zero attached hydrogens (tertiary/aromatic N) is 4. The topological polar surface area (TPSA) is 92.6 Å². The fraction of sp³-hybridized carbons (Fsp3) is 0.167. The molecule has 1 atom stereocenters. The van der Waals surface area contributed by atoms with Crippen LogP contribution in [0.1, 0.15) is 23.0 Å². The van der Waals surface area contributed by atoms with Crippen molar-refractivity contribution < 1.29 is 18.9 Å². The van der Waals surface area contributed by atoms with Crippen LogP contribution in [-0.2, 0) is 6.54 Å². The van der Waals surface area contributed by atoms with Gasteiger partial charge >= 0.3 is 0 Å². The number of tetrazole rings is 1. The van der Waals surface area contributed by atoms with E-state index in [0.717, 1.165) is 22.6 Å². The van der Waals surface area contributed by atoms with Crippen LogP contribution in [0.25, 0.3) is 5.69 Å². The summed E-state index contributed by atoms with van der Waals surface area (Å²) < 4.78 is 24.4. The SMILES string of the molecule is COc1cc(C(NCc2ccccc2)c2nnnn2-c2ccc(Oc3ccccc3)cc2)cc(OC)c1OC. The minimum atomic E-state index is -0.408. The molecule has 0 amide bonds. The average Bonchev–Trinajstić information content (AvgIpc) is 3.47. The summed E-state index contributed by atoms with van der Waals surface area (Å²) >= 11 is 0. The van der Waals surface area contributed by atoms with Gasteiger partial charge in [0.15, 0.2) is 17.3 Å². The van der Waals surface area contributed by atoms with Crippen LogP contribution in [0.3, 0.4) is 0 Å². The van der Waals surface area contributed by atoms with Crippen molar-refractivity contribution in [2.75, 3.05) is 21.3 Å². The van der Waals surface area contributed by atoms with Crippen LogP contribution < -0.4 is 24.3 Å². The van der Waals surface area contributed by atoms with Crippen LogP contribution in [0, 0.1) is 0 Å². The molecule has 0 bridgehead atoms. The summed E-state index contributed by atoms with van der Waals surface area (Å²) in [6, 6.07) is 30.8. The molecular formula is C30H29N5O4. The van der Waals surface area contributed by atoms with E-state index in [1.54, 1.807) is 26.0 Å². The maximum Gasteiger partial charge on any atom is 0.203 e. The van der Waals surface area contributed by atoms with Crippen LogP contribution in [0.2, 0.25) is 0 Å². The van der Waals surface area contributed by atoms with Crippen molar-refractivity contribution in [1.29, 1.82) is 0 Å². The van der Waals surface area contributed by atoms with Crippen LogP contribution >= 0.6 is 0 Å². The molecule has 5 aromatic rings. The van der Waals surface area contributed by atoms with Crippen LogP contribution in [0.15, 0.2) is 97.1 Å². The molecule has 0 saturated carbocycles. The number of hydrogen-bond donors (Lipinski definition) is 1. The number of benzene rings is 4. The van der Waals surface area contributed by atoms with Crippen LogP contribution in [0.4, 0.5) is 0 Å². The Labute approximate surface area is 226 Å². The average molecular weight is 524 g/mol. The highest BCUT2D eigenvalue weighted by atomic mass is 16.5. The summed E-state index contributed by atoms with van der Waals surface area (Å²) in [4.78, 5) is 0. The predicted octanol–water partition coefficient (Wildman–Crippen LogP) is 5.36. The Morgan fingerprint density at radius 3 is 1.97 bits per heavy atom. The molecule has 9 heteroatoms. The highest BCUT2D eigenvalue weighted by Gasteiger charge is 2.25. The lowest BCUT2D eigenvalue weighted by Gasteiger charge is -2.21. The first-order valence-electron chi connectivity index (χ1n) is 12.4. The Hall–Kier alpha value is -4.89. The lowest BCUT2D eigenvalue weighted by molar-refractivity contribution is 0.323. The lowest BCUT2D eigenvalue weighted by Crippen LogP contribution is -2.25. The number of para-hydroxylation sites is 1. The molecule has 4 aromatic carbocycles. The zero-order chi connectivity index (χ0) is 27.0. The number of rotatable bonds is 11. The molecule has 0 aliphatic carbocycles. The second-order valence-corrected chi connectivity index (χ2v) is 8.62. The molecule has 9 nitrogen and oxygen atoms in total. The first-order valence-corrected chi connectivity index (χ1v) is 12.4. The van der Waals surface area contributed by atoms with E-state index < -0.39 is 6.04 Å². The van der Waals surface area contributed by atoms with Gasteiger partial charge in [-0.1, -0.05) is 48.5 Å². The van der Waals surface area contributed by atoms with Crippen LogP contribution in [-0.4, -0.2) is 41.5 Å². The minimum absolute atomic E-state index is 0.408. The van der Waals surface area contributed by atoms with E-state index in [9.17, 15) is 0 Å². The van der Waals surface area contributed by atoms with Gasteiger partial charge in [-0.15, -0.1) is 5.10 Å². The number of nitrogens with one attached hydrogen (secondary N) is 1. The summed E-state index contributed by atoms with van der Waals surface area (Å²) in [5.41, 5.74) is 2.76. The zero-order valence-corrected chi connectivity index (χ0v) is 21.9. The fourth-order valence-electron chi connectivity index (χ4n) is 4.28. The summed E-state index contributed by atoms with van der Waals surface area (Å²) in [6.07, 6.45) is 0. The molecular weight excluding hydrogens is 494 g/mol. The first kappa shape index (κ1) is 25.7. The predicted molar refractivity (Wildman–Crippen MR) is 147 cm³/mol. The van der Waals surface area contributed by atoms with Crippen molar-refractivity contribution in [3.63, 3.8) is 0 Å². The van der Waals surface area contributed by atoms with Gasteiger partial charge in [-0.3, -0.25) is 5.32 Å². The van der Waals surface area contributed by atoms with Crippen LogP contribution in [0.5, 0.6) is 28.7 Å². The number of aromatic nitrogens is 4. The molecule has 0 radical (unpaired) electrons. The molecule has 5 rings (SSSR count). The molecule has 1 heterocycles. The normalized spacial score (nSPS) is 11.6. The van der Waals surface area contributed by atoms with E-state index in [0.29, 0.717) is 35.4 Å². The van der Waals surface area contributed by atoms with Crippen molar-refractivity contribution in [1.82, 2.24) is 25.5 Å². The van der Waals surface area contributed by atoms with Gasteiger partial charge in [-0.25, -0.2) is 0 Å². The van der Waals surface area contributed by atoms with Gasteiger partial charge < -0.3 is 18.9 Å². The van der Waals surface area contributed by atoms with Crippen molar-refractivity contribution in [3.8, 4) is 34.4 Å². The first-order chi connectivity index (χ1) is 19.2. The monoisotopic (exact) mass is 523 g/mol. The van der Waals surface area contributed by atoms with Crippen molar-refractivity contribution >= 4 is 0 Å². The third-order valence-electron chi connectivity index (χ3n) is 6.19. The molecule has 1 aromatic heterocycles. The fourth-order valence-corrected chi connectivity index (χ4v) is 4.28. The number of hydrogen-bond acceptors (Lipinski definition) is 8. The van der Waals surface area contributed by atoms with E-state index in [2.05, 4.69) is 33.0 Å². The molecule has 0 aliphatic heterocycles. The molecule has 1 unspecified atom stereocenters. The lowest BCUT2D eigenvalue weighted by atomic mass is 10.0. The molecule has 198 valence electrons. The molecule has 39 heavy (non-hydrogen) atoms. The zero-order valence-electron chi connectivity index (χ0n) is 21.9. The van der Waals surface area contributed by atoms with E-state index in [1.165, 1.54) is 0 Å². The molecule has 0 aliphatic rings. The van der Waals surface area contributed by atoms with Gasteiger partial charge in [-0.2, -0.15) is 4.68 Å². The standard InChI is InChI=1S/C30H29N5O4/c1-36-26-18-22(19-27(37-2)29(26)38-3)28(31-20-21-10-6-4-7-11-21)30-32-33-34-35(30)23-14-16-25(17-15-23)39-24-12-8-5-9-13-24/h4-19,28,31H,20H2,1-3H3. The number of methoxy groups -OCH3 is 3. The van der Waals surface area contributed by atoms with Gasteiger partial charge in [0.2, 0.25) is 5.75 Å². The molecule has 0 fully saturated rings. The van der Waals surface area contributed by atoms with Gasteiger partial charge in [-0.05, 0) is 70.1 Å².